The Labute approximate surface area is 53.7 Å². The summed E-state index contributed by atoms with van der Waals surface area (Å²) in [6.45, 7) is 3.65. The van der Waals surface area contributed by atoms with Gasteiger partial charge in [-0.3, -0.25) is 0 Å². The van der Waals surface area contributed by atoms with E-state index in [-0.39, 0.29) is 12.2 Å². The molecular weight excluding hydrogens is 120 g/mol. The Morgan fingerprint density at radius 1 is 1.78 bits per heavy atom. The molecule has 0 aliphatic carbocycles. The lowest BCUT2D eigenvalue weighted by Crippen LogP contribution is -1.88. The van der Waals surface area contributed by atoms with E-state index in [1.54, 1.807) is 0 Å². The summed E-state index contributed by atoms with van der Waals surface area (Å²) in [6, 6.07) is 0. The minimum absolute atomic E-state index is 0.0268. The summed E-state index contributed by atoms with van der Waals surface area (Å²) in [6.07, 6.45) is -0.167. The minimum atomic E-state index is -0.797. The summed E-state index contributed by atoms with van der Waals surface area (Å²) in [5, 5.41) is 0. The van der Waals surface area contributed by atoms with Crippen molar-refractivity contribution in [1.82, 2.24) is 0 Å². The maximum atomic E-state index is 10.4. The van der Waals surface area contributed by atoms with Gasteiger partial charge in [0.25, 0.3) is 0 Å². The number of hydrogen-bond acceptors (Lipinski definition) is 3. The van der Waals surface area contributed by atoms with Gasteiger partial charge in [-0.05, 0) is 0 Å². The van der Waals surface area contributed by atoms with Gasteiger partial charge >= 0.3 is 5.82 Å². The van der Waals surface area contributed by atoms with E-state index in [4.69, 9.17) is 1.37 Å². The van der Waals surface area contributed by atoms with E-state index in [2.05, 4.69) is 8.83 Å². The summed E-state index contributed by atoms with van der Waals surface area (Å²) in [7, 11) is 0. The van der Waals surface area contributed by atoms with Gasteiger partial charge in [0.1, 0.15) is 13.4 Å². The Bertz CT molecular complexity index is 271. The molecule has 50 valence electrons. The van der Waals surface area contributed by atoms with Crippen LogP contribution in [0.3, 0.4) is 0 Å². The van der Waals surface area contributed by atoms with Crippen LogP contribution < -0.4 is 5.82 Å². The van der Waals surface area contributed by atoms with Crippen molar-refractivity contribution < 1.29 is 10.2 Å². The third-order valence-corrected chi connectivity index (χ3v) is 0.953. The van der Waals surface area contributed by atoms with E-state index in [0.29, 0.717) is 5.76 Å². The van der Waals surface area contributed by atoms with Crippen LogP contribution in [-0.4, -0.2) is 0 Å². The lowest BCUT2D eigenvalue weighted by atomic mass is 10.2. The summed E-state index contributed by atoms with van der Waals surface area (Å²) in [5.41, 5.74) is 0. The molecule has 0 aliphatic heterocycles. The summed E-state index contributed by atoms with van der Waals surface area (Å²) >= 11 is 0. The van der Waals surface area contributed by atoms with E-state index >= 15 is 0 Å². The predicted octanol–water partition coefficient (Wildman–Crippen LogP) is 1.36. The zero-order valence-electron chi connectivity index (χ0n) is 6.30. The lowest BCUT2D eigenvalue weighted by Gasteiger charge is -1.91. The first-order valence-electron chi connectivity index (χ1n) is 3.21. The fraction of sp³-hybridized carbons (Fsp3) is 0.500. The van der Waals surface area contributed by atoms with E-state index in [1.165, 1.54) is 0 Å². The van der Waals surface area contributed by atoms with Gasteiger partial charge in [0.05, 0.1) is 0 Å². The van der Waals surface area contributed by atoms with Crippen LogP contribution in [0.2, 0.25) is 0 Å². The Morgan fingerprint density at radius 2 is 2.44 bits per heavy atom. The highest BCUT2D eigenvalue weighted by molar-refractivity contribution is 4.91. The maximum absolute atomic E-state index is 10.4. The quantitative estimate of drug-likeness (QED) is 0.575. The Hall–Kier alpha value is -0.990. The molecule has 0 fully saturated rings. The molecule has 0 aliphatic rings. The number of rotatable bonds is 1. The monoisotopic (exact) mass is 129 g/mol. The van der Waals surface area contributed by atoms with Crippen molar-refractivity contribution in [3.63, 3.8) is 0 Å². The molecule has 0 saturated carbocycles. The molecule has 0 aromatic carbocycles. The summed E-state index contributed by atoms with van der Waals surface area (Å²) in [4.78, 5) is 10.4. The van der Waals surface area contributed by atoms with Crippen molar-refractivity contribution >= 4 is 0 Å². The van der Waals surface area contributed by atoms with Crippen LogP contribution in [0.15, 0.2) is 19.9 Å². The van der Waals surface area contributed by atoms with Gasteiger partial charge in [-0.25, -0.2) is 4.79 Å². The first-order valence-corrected chi connectivity index (χ1v) is 2.71. The van der Waals surface area contributed by atoms with Crippen LogP contribution in [-0.2, 0) is 0 Å². The lowest BCUT2D eigenvalue weighted by molar-refractivity contribution is 0.368. The minimum Gasteiger partial charge on any atom is -0.399 e. The smallest absolute Gasteiger partial charge is 0.399 e. The molecule has 0 radical (unpaired) electrons. The van der Waals surface area contributed by atoms with E-state index in [0.717, 1.165) is 0 Å². The molecule has 0 N–H and O–H groups in total. The van der Waals surface area contributed by atoms with Gasteiger partial charge in [0.15, 0.2) is 0 Å². The molecule has 9 heavy (non-hydrogen) atoms. The zero-order chi connectivity index (χ0) is 7.72. The van der Waals surface area contributed by atoms with Crippen molar-refractivity contribution in [3.05, 3.63) is 22.6 Å². The van der Waals surface area contributed by atoms with Crippen LogP contribution in [0.25, 0.3) is 0 Å². The Balaban J connectivity index is 3.15. The van der Waals surface area contributed by atoms with Crippen LogP contribution in [0.5, 0.6) is 0 Å². The zero-order valence-corrected chi connectivity index (χ0v) is 5.30. The van der Waals surface area contributed by atoms with Gasteiger partial charge in [-0.15, -0.1) is 0 Å². The second kappa shape index (κ2) is 2.09. The predicted molar refractivity (Wildman–Crippen MR) is 31.3 cm³/mol. The van der Waals surface area contributed by atoms with Gasteiger partial charge in [-0.1, -0.05) is 13.8 Å². The molecule has 1 heterocycles. The first kappa shape index (κ1) is 4.85. The highest BCUT2D eigenvalue weighted by Crippen LogP contribution is 2.10. The van der Waals surface area contributed by atoms with E-state index < -0.39 is 5.82 Å². The Morgan fingerprint density at radius 3 is 2.67 bits per heavy atom. The highest BCUT2D eigenvalue weighted by atomic mass is 16.6. The van der Waals surface area contributed by atoms with E-state index in [1.807, 2.05) is 13.8 Å². The largest absolute Gasteiger partial charge is 0.518 e. The number of hydrogen-bond donors (Lipinski definition) is 0. The average molecular weight is 129 g/mol. The molecule has 1 aromatic rings. The maximum Gasteiger partial charge on any atom is 0.518 e. The molecule has 3 heteroatoms. The summed E-state index contributed by atoms with van der Waals surface area (Å²) in [5.74, 6) is -0.461. The molecule has 0 amide bonds. The molecule has 0 bridgehead atoms. The van der Waals surface area contributed by atoms with Crippen molar-refractivity contribution in [2.24, 2.45) is 0 Å². The average Bonchev–Trinajstić information content (AvgIpc) is 2.10. The molecule has 0 saturated heterocycles. The van der Waals surface area contributed by atoms with Crippen LogP contribution in [0.1, 0.15) is 26.9 Å². The molecule has 0 spiro atoms. The molecule has 1 aromatic heterocycles. The highest BCUT2D eigenvalue weighted by Gasteiger charge is 2.03. The van der Waals surface area contributed by atoms with Gasteiger partial charge in [0, 0.05) is 5.92 Å². The van der Waals surface area contributed by atoms with Crippen molar-refractivity contribution in [3.8, 4) is 0 Å². The molecule has 0 atom stereocenters. The van der Waals surface area contributed by atoms with Crippen LogP contribution >= 0.6 is 0 Å². The van der Waals surface area contributed by atoms with Crippen molar-refractivity contribution in [2.75, 3.05) is 0 Å². The SMILES string of the molecule is [2H]c1oc(=O)oc1C(C)C. The molecule has 0 unspecified atom stereocenters. The molecule has 3 nitrogen and oxygen atoms in total. The standard InChI is InChI=1S/C6H8O3/c1-4(2)5-3-8-6(7)9-5/h3-4H,1-2H3/i3D. The fourth-order valence-corrected chi connectivity index (χ4v) is 0.459. The normalized spacial score (nSPS) is 12.1. The first-order chi connectivity index (χ1) is 4.61. The van der Waals surface area contributed by atoms with Crippen molar-refractivity contribution in [1.29, 1.82) is 0 Å². The topological polar surface area (TPSA) is 43.4 Å². The fourth-order valence-electron chi connectivity index (χ4n) is 0.459. The van der Waals surface area contributed by atoms with Crippen LogP contribution in [0, 0.1) is 0 Å². The Kier molecular flexibility index (Phi) is 1.13. The van der Waals surface area contributed by atoms with E-state index in [9.17, 15) is 4.79 Å². The van der Waals surface area contributed by atoms with Crippen LogP contribution in [0.4, 0.5) is 0 Å². The summed E-state index contributed by atoms with van der Waals surface area (Å²) < 4.78 is 15.9. The second-order valence-electron chi connectivity index (χ2n) is 2.08. The van der Waals surface area contributed by atoms with Crippen molar-refractivity contribution in [2.45, 2.75) is 19.8 Å². The molecule has 1 rings (SSSR count). The van der Waals surface area contributed by atoms with Gasteiger partial charge in [-0.2, -0.15) is 0 Å². The third kappa shape index (κ3) is 1.22. The van der Waals surface area contributed by atoms with Gasteiger partial charge in [0.2, 0.25) is 0 Å². The third-order valence-electron chi connectivity index (χ3n) is 0.953. The molecular formula is C6H8O3. The second-order valence-corrected chi connectivity index (χ2v) is 2.08. The van der Waals surface area contributed by atoms with Gasteiger partial charge < -0.3 is 8.83 Å².